The van der Waals surface area contributed by atoms with Gasteiger partial charge >= 0.3 is 0 Å². The summed E-state index contributed by atoms with van der Waals surface area (Å²) in [5.74, 6) is 0.957. The summed E-state index contributed by atoms with van der Waals surface area (Å²) in [7, 11) is 0. The van der Waals surface area contributed by atoms with Gasteiger partial charge in [0.25, 0.3) is 0 Å². The first-order chi connectivity index (χ1) is 11.7. The van der Waals surface area contributed by atoms with E-state index in [4.69, 9.17) is 0 Å². The Labute approximate surface area is 147 Å². The molecule has 5 nitrogen and oxygen atoms in total. The highest BCUT2D eigenvalue weighted by molar-refractivity contribution is 7.09. The van der Waals surface area contributed by atoms with E-state index >= 15 is 0 Å². The number of rotatable bonds is 5. The highest BCUT2D eigenvalue weighted by atomic mass is 32.1. The zero-order chi connectivity index (χ0) is 16.5. The molecule has 0 unspecified atom stereocenters. The zero-order valence-corrected chi connectivity index (χ0v) is 14.8. The maximum absolute atomic E-state index is 13.0. The van der Waals surface area contributed by atoms with Gasteiger partial charge in [0, 0.05) is 42.5 Å². The molecule has 0 atom stereocenters. The van der Waals surface area contributed by atoms with Crippen LogP contribution in [0.25, 0.3) is 0 Å². The van der Waals surface area contributed by atoms with Gasteiger partial charge in [-0.05, 0) is 38.5 Å². The third kappa shape index (κ3) is 3.34. The standard InChI is InChI=1S/C18H25N3O2S/c22-17(13-2-1-3-13)20-9-6-14(7-10-20)18(23)21(15-4-5-15)12-16-19-8-11-24-16/h8,11,13-15H,1-7,9-10,12H2. The number of hydrogen-bond donors (Lipinski definition) is 0. The van der Waals surface area contributed by atoms with Crippen molar-refractivity contribution in [1.29, 1.82) is 0 Å². The van der Waals surface area contributed by atoms with Crippen molar-refractivity contribution in [3.63, 3.8) is 0 Å². The molecule has 130 valence electrons. The van der Waals surface area contributed by atoms with Crippen molar-refractivity contribution in [2.24, 2.45) is 11.8 Å². The lowest BCUT2D eigenvalue weighted by molar-refractivity contribution is -0.144. The maximum Gasteiger partial charge on any atom is 0.226 e. The molecule has 0 N–H and O–H groups in total. The van der Waals surface area contributed by atoms with Crippen molar-refractivity contribution in [3.8, 4) is 0 Å². The average molecular weight is 347 g/mol. The SMILES string of the molecule is O=C(C1CCC1)N1CCC(C(=O)N(Cc2nccs2)C2CC2)CC1. The molecule has 3 aliphatic rings. The van der Waals surface area contributed by atoms with Gasteiger partial charge in [-0.2, -0.15) is 0 Å². The van der Waals surface area contributed by atoms with E-state index in [2.05, 4.69) is 4.98 Å². The fourth-order valence-corrected chi connectivity index (χ4v) is 4.36. The minimum absolute atomic E-state index is 0.0796. The number of piperidine rings is 1. The van der Waals surface area contributed by atoms with Gasteiger partial charge < -0.3 is 9.80 Å². The van der Waals surface area contributed by atoms with E-state index in [1.54, 1.807) is 17.5 Å². The normalized spacial score (nSPS) is 22.2. The van der Waals surface area contributed by atoms with Gasteiger partial charge in [-0.15, -0.1) is 11.3 Å². The molecule has 2 aliphatic carbocycles. The number of aromatic nitrogens is 1. The van der Waals surface area contributed by atoms with Crippen molar-refractivity contribution in [1.82, 2.24) is 14.8 Å². The van der Waals surface area contributed by atoms with Crippen molar-refractivity contribution in [3.05, 3.63) is 16.6 Å². The van der Waals surface area contributed by atoms with Crippen LogP contribution in [0.3, 0.4) is 0 Å². The molecule has 1 aromatic rings. The molecular weight excluding hydrogens is 322 g/mol. The fourth-order valence-electron chi connectivity index (χ4n) is 3.74. The van der Waals surface area contributed by atoms with Crippen LogP contribution in [0.1, 0.15) is 50.0 Å². The second-order valence-electron chi connectivity index (χ2n) is 7.35. The van der Waals surface area contributed by atoms with E-state index in [1.807, 2.05) is 15.2 Å². The first kappa shape index (κ1) is 16.1. The Kier molecular flexibility index (Phi) is 4.57. The zero-order valence-electron chi connectivity index (χ0n) is 14.0. The minimum Gasteiger partial charge on any atom is -0.342 e. The molecule has 24 heavy (non-hydrogen) atoms. The largest absolute Gasteiger partial charge is 0.342 e. The molecule has 0 spiro atoms. The van der Waals surface area contributed by atoms with Crippen LogP contribution in [-0.2, 0) is 16.1 Å². The second kappa shape index (κ2) is 6.82. The molecule has 1 aliphatic heterocycles. The lowest BCUT2D eigenvalue weighted by Gasteiger charge is -2.37. The molecule has 2 saturated carbocycles. The van der Waals surface area contributed by atoms with Crippen LogP contribution in [0, 0.1) is 11.8 Å². The highest BCUT2D eigenvalue weighted by Gasteiger charge is 2.38. The summed E-state index contributed by atoms with van der Waals surface area (Å²) in [6, 6.07) is 0.413. The van der Waals surface area contributed by atoms with Crippen LogP contribution in [0.2, 0.25) is 0 Å². The van der Waals surface area contributed by atoms with Crippen LogP contribution < -0.4 is 0 Å². The van der Waals surface area contributed by atoms with E-state index in [9.17, 15) is 9.59 Å². The summed E-state index contributed by atoms with van der Waals surface area (Å²) in [5, 5.41) is 2.99. The van der Waals surface area contributed by atoms with Crippen molar-refractivity contribution in [2.75, 3.05) is 13.1 Å². The number of likely N-dealkylation sites (tertiary alicyclic amines) is 1. The first-order valence-electron chi connectivity index (χ1n) is 9.20. The lowest BCUT2D eigenvalue weighted by atomic mass is 9.83. The maximum atomic E-state index is 13.0. The van der Waals surface area contributed by atoms with Crippen molar-refractivity contribution >= 4 is 23.2 Å². The van der Waals surface area contributed by atoms with E-state index in [-0.39, 0.29) is 17.7 Å². The van der Waals surface area contributed by atoms with Crippen LogP contribution in [0.4, 0.5) is 0 Å². The van der Waals surface area contributed by atoms with E-state index < -0.39 is 0 Å². The Balaban J connectivity index is 1.33. The Morgan fingerprint density at radius 1 is 1.12 bits per heavy atom. The summed E-state index contributed by atoms with van der Waals surface area (Å²) in [5.41, 5.74) is 0. The molecule has 1 saturated heterocycles. The summed E-state index contributed by atoms with van der Waals surface area (Å²) >= 11 is 1.62. The predicted octanol–water partition coefficient (Wildman–Crippen LogP) is 2.67. The summed E-state index contributed by atoms with van der Waals surface area (Å²) in [4.78, 5) is 33.7. The van der Waals surface area contributed by atoms with Crippen LogP contribution in [0.15, 0.2) is 11.6 Å². The van der Waals surface area contributed by atoms with Crippen LogP contribution in [0.5, 0.6) is 0 Å². The number of nitrogens with zero attached hydrogens (tertiary/aromatic N) is 3. The van der Waals surface area contributed by atoms with Gasteiger partial charge in [0.2, 0.25) is 11.8 Å². The number of carbonyl (C=O) groups excluding carboxylic acids is 2. The molecule has 1 aromatic heterocycles. The number of carbonyl (C=O) groups is 2. The minimum atomic E-state index is 0.0796. The second-order valence-corrected chi connectivity index (χ2v) is 8.33. The van der Waals surface area contributed by atoms with E-state index in [1.165, 1.54) is 6.42 Å². The van der Waals surface area contributed by atoms with Gasteiger partial charge in [0.15, 0.2) is 0 Å². The summed E-state index contributed by atoms with van der Waals surface area (Å²) < 4.78 is 0. The fraction of sp³-hybridized carbons (Fsp3) is 0.722. The van der Waals surface area contributed by atoms with E-state index in [0.717, 1.165) is 56.6 Å². The van der Waals surface area contributed by atoms with Crippen LogP contribution in [-0.4, -0.2) is 45.7 Å². The molecule has 0 bridgehead atoms. The Bertz CT molecular complexity index is 587. The topological polar surface area (TPSA) is 53.5 Å². The number of thiazole rings is 1. The Morgan fingerprint density at radius 2 is 1.88 bits per heavy atom. The van der Waals surface area contributed by atoms with E-state index in [0.29, 0.717) is 18.5 Å². The predicted molar refractivity (Wildman–Crippen MR) is 92.3 cm³/mol. The average Bonchev–Trinajstić information content (AvgIpc) is 3.26. The first-order valence-corrected chi connectivity index (χ1v) is 10.1. The van der Waals surface area contributed by atoms with Crippen LogP contribution >= 0.6 is 11.3 Å². The number of amides is 2. The lowest BCUT2D eigenvalue weighted by Crippen LogP contribution is -2.47. The highest BCUT2D eigenvalue weighted by Crippen LogP contribution is 2.33. The quantitative estimate of drug-likeness (QED) is 0.823. The van der Waals surface area contributed by atoms with Gasteiger partial charge in [-0.1, -0.05) is 6.42 Å². The summed E-state index contributed by atoms with van der Waals surface area (Å²) in [6.07, 6.45) is 8.99. The van der Waals surface area contributed by atoms with Gasteiger partial charge in [0.05, 0.1) is 6.54 Å². The van der Waals surface area contributed by atoms with Crippen molar-refractivity contribution in [2.45, 2.75) is 57.5 Å². The number of hydrogen-bond acceptors (Lipinski definition) is 4. The van der Waals surface area contributed by atoms with Crippen molar-refractivity contribution < 1.29 is 9.59 Å². The molecule has 2 amide bonds. The summed E-state index contributed by atoms with van der Waals surface area (Å²) in [6.45, 7) is 2.16. The van der Waals surface area contributed by atoms with Gasteiger partial charge in [-0.25, -0.2) is 4.98 Å². The molecule has 4 rings (SSSR count). The Hall–Kier alpha value is -1.43. The molecule has 2 heterocycles. The van der Waals surface area contributed by atoms with Gasteiger partial charge in [0.1, 0.15) is 5.01 Å². The third-order valence-corrected chi connectivity index (χ3v) is 6.43. The molecule has 0 aromatic carbocycles. The van der Waals surface area contributed by atoms with Gasteiger partial charge in [-0.3, -0.25) is 9.59 Å². The molecule has 0 radical (unpaired) electrons. The smallest absolute Gasteiger partial charge is 0.226 e. The molecule has 3 fully saturated rings. The Morgan fingerprint density at radius 3 is 2.42 bits per heavy atom. The third-order valence-electron chi connectivity index (χ3n) is 5.67. The monoisotopic (exact) mass is 347 g/mol. The molecular formula is C18H25N3O2S. The molecule has 6 heteroatoms.